The number of rotatable bonds is 4. The van der Waals surface area contributed by atoms with Gasteiger partial charge < -0.3 is 20.4 Å². The van der Waals surface area contributed by atoms with Crippen LogP contribution in [0.3, 0.4) is 0 Å². The fourth-order valence-corrected chi connectivity index (χ4v) is 2.48. The number of hydrogen-bond acceptors (Lipinski definition) is 4. The van der Waals surface area contributed by atoms with Crippen molar-refractivity contribution in [1.29, 1.82) is 0 Å². The van der Waals surface area contributed by atoms with Crippen LogP contribution in [0.2, 0.25) is 0 Å². The van der Waals surface area contributed by atoms with E-state index in [4.69, 9.17) is 4.74 Å². The number of ether oxygens (including phenoxy) is 1. The number of amides is 1. The predicted octanol–water partition coefficient (Wildman–Crippen LogP) is 1.25. The van der Waals surface area contributed by atoms with Gasteiger partial charge in [-0.15, -0.1) is 0 Å². The summed E-state index contributed by atoms with van der Waals surface area (Å²) in [5, 5.41) is 6.05. The van der Waals surface area contributed by atoms with Gasteiger partial charge in [0.25, 0.3) is 0 Å². The average molecular weight is 286 g/mol. The number of aromatic amines is 1. The molecule has 2 aromatic rings. The lowest BCUT2D eigenvalue weighted by Gasteiger charge is -2.16. The minimum atomic E-state index is -0.151. The summed E-state index contributed by atoms with van der Waals surface area (Å²) in [5.41, 5.74) is 2.76. The number of nitrogens with zero attached hydrogens (tertiary/aromatic N) is 1. The van der Waals surface area contributed by atoms with Crippen molar-refractivity contribution in [2.75, 3.05) is 25.6 Å². The first-order valence-electron chi connectivity index (χ1n) is 6.92. The second-order valence-electron chi connectivity index (χ2n) is 5.07. The van der Waals surface area contributed by atoms with Gasteiger partial charge in [-0.3, -0.25) is 4.79 Å². The number of H-pyrrole nitrogens is 1. The normalized spacial score (nSPS) is 21.4. The SMILES string of the molecule is CNC1COCC1C(=O)Nc1ccc(-c2cnc[nH]2)cc1. The minimum absolute atomic E-state index is 0.0128. The molecule has 1 aromatic heterocycles. The molecule has 6 heteroatoms. The number of likely N-dealkylation sites (N-methyl/N-ethyl adjacent to an activating group) is 1. The van der Waals surface area contributed by atoms with Crippen molar-refractivity contribution >= 4 is 11.6 Å². The Morgan fingerprint density at radius 2 is 2.14 bits per heavy atom. The van der Waals surface area contributed by atoms with Crippen LogP contribution in [0.15, 0.2) is 36.8 Å². The van der Waals surface area contributed by atoms with Crippen LogP contribution in [0, 0.1) is 5.92 Å². The topological polar surface area (TPSA) is 79.0 Å². The number of anilines is 1. The van der Waals surface area contributed by atoms with Crippen molar-refractivity contribution in [1.82, 2.24) is 15.3 Å². The van der Waals surface area contributed by atoms with E-state index in [1.165, 1.54) is 0 Å². The summed E-state index contributed by atoms with van der Waals surface area (Å²) in [6.07, 6.45) is 3.41. The van der Waals surface area contributed by atoms with E-state index in [1.807, 2.05) is 31.3 Å². The Hall–Kier alpha value is -2.18. The summed E-state index contributed by atoms with van der Waals surface area (Å²) in [6, 6.07) is 7.75. The van der Waals surface area contributed by atoms with E-state index in [2.05, 4.69) is 20.6 Å². The van der Waals surface area contributed by atoms with Crippen LogP contribution >= 0.6 is 0 Å². The van der Waals surface area contributed by atoms with Gasteiger partial charge in [-0.1, -0.05) is 12.1 Å². The van der Waals surface area contributed by atoms with Crippen LogP contribution in [0.25, 0.3) is 11.3 Å². The third-order valence-corrected chi connectivity index (χ3v) is 3.75. The Morgan fingerprint density at radius 1 is 1.33 bits per heavy atom. The summed E-state index contributed by atoms with van der Waals surface area (Å²) in [6.45, 7) is 1.04. The number of nitrogens with one attached hydrogen (secondary N) is 3. The Kier molecular flexibility index (Phi) is 3.98. The molecule has 3 rings (SSSR count). The minimum Gasteiger partial charge on any atom is -0.379 e. The predicted molar refractivity (Wildman–Crippen MR) is 79.8 cm³/mol. The summed E-state index contributed by atoms with van der Waals surface area (Å²) in [7, 11) is 1.85. The van der Waals surface area contributed by atoms with Gasteiger partial charge >= 0.3 is 0 Å². The van der Waals surface area contributed by atoms with Gasteiger partial charge in [-0.05, 0) is 24.7 Å². The fraction of sp³-hybridized carbons (Fsp3) is 0.333. The fourth-order valence-electron chi connectivity index (χ4n) is 2.48. The third kappa shape index (κ3) is 2.96. The van der Waals surface area contributed by atoms with Gasteiger partial charge in [0, 0.05) is 11.7 Å². The number of hydrogen-bond donors (Lipinski definition) is 3. The highest BCUT2D eigenvalue weighted by Gasteiger charge is 2.32. The van der Waals surface area contributed by atoms with Crippen LogP contribution in [0.1, 0.15) is 0 Å². The molecular weight excluding hydrogens is 268 g/mol. The van der Waals surface area contributed by atoms with Gasteiger partial charge in [-0.25, -0.2) is 4.98 Å². The van der Waals surface area contributed by atoms with Crippen molar-refractivity contribution in [3.63, 3.8) is 0 Å². The maximum Gasteiger partial charge on any atom is 0.231 e. The van der Waals surface area contributed by atoms with E-state index in [0.717, 1.165) is 16.9 Å². The molecule has 2 unspecified atom stereocenters. The first kappa shape index (κ1) is 13.8. The highest BCUT2D eigenvalue weighted by atomic mass is 16.5. The lowest BCUT2D eigenvalue weighted by molar-refractivity contribution is -0.120. The average Bonchev–Trinajstić information content (AvgIpc) is 3.19. The van der Waals surface area contributed by atoms with E-state index in [0.29, 0.717) is 13.2 Å². The highest BCUT2D eigenvalue weighted by Crippen LogP contribution is 2.20. The van der Waals surface area contributed by atoms with Crippen molar-refractivity contribution in [3.05, 3.63) is 36.8 Å². The largest absolute Gasteiger partial charge is 0.379 e. The highest BCUT2D eigenvalue weighted by molar-refractivity contribution is 5.93. The smallest absolute Gasteiger partial charge is 0.231 e. The quantitative estimate of drug-likeness (QED) is 0.790. The lowest BCUT2D eigenvalue weighted by Crippen LogP contribution is -2.39. The molecule has 0 bridgehead atoms. The number of carbonyl (C=O) groups is 1. The van der Waals surface area contributed by atoms with Gasteiger partial charge in [-0.2, -0.15) is 0 Å². The molecule has 1 aromatic carbocycles. The van der Waals surface area contributed by atoms with Crippen LogP contribution in [-0.2, 0) is 9.53 Å². The zero-order valence-electron chi connectivity index (χ0n) is 11.8. The van der Waals surface area contributed by atoms with Crippen LogP contribution in [-0.4, -0.2) is 42.2 Å². The lowest BCUT2D eigenvalue weighted by atomic mass is 10.0. The Morgan fingerprint density at radius 3 is 2.81 bits per heavy atom. The molecule has 1 fully saturated rings. The molecule has 0 saturated carbocycles. The van der Waals surface area contributed by atoms with E-state index in [-0.39, 0.29) is 17.9 Å². The summed E-state index contributed by atoms with van der Waals surface area (Å²) >= 11 is 0. The molecule has 0 aliphatic carbocycles. The Bertz CT molecular complexity index is 595. The zero-order chi connectivity index (χ0) is 14.7. The molecule has 3 N–H and O–H groups in total. The van der Waals surface area contributed by atoms with Crippen molar-refractivity contribution < 1.29 is 9.53 Å². The summed E-state index contributed by atoms with van der Waals surface area (Å²) < 4.78 is 5.35. The van der Waals surface area contributed by atoms with E-state index < -0.39 is 0 Å². The monoisotopic (exact) mass is 286 g/mol. The van der Waals surface area contributed by atoms with Crippen LogP contribution in [0.4, 0.5) is 5.69 Å². The molecule has 0 spiro atoms. The van der Waals surface area contributed by atoms with Crippen LogP contribution < -0.4 is 10.6 Å². The van der Waals surface area contributed by atoms with Crippen LogP contribution in [0.5, 0.6) is 0 Å². The molecule has 2 heterocycles. The Balaban J connectivity index is 1.66. The van der Waals surface area contributed by atoms with E-state index in [9.17, 15) is 4.79 Å². The van der Waals surface area contributed by atoms with E-state index in [1.54, 1.807) is 12.5 Å². The van der Waals surface area contributed by atoms with Gasteiger partial charge in [0.05, 0.1) is 37.3 Å². The van der Waals surface area contributed by atoms with Crippen molar-refractivity contribution in [2.24, 2.45) is 5.92 Å². The molecule has 6 nitrogen and oxygen atoms in total. The number of benzene rings is 1. The van der Waals surface area contributed by atoms with Gasteiger partial charge in [0.15, 0.2) is 0 Å². The Labute approximate surface area is 122 Å². The summed E-state index contributed by atoms with van der Waals surface area (Å²) in [4.78, 5) is 19.3. The van der Waals surface area contributed by atoms with Crippen molar-refractivity contribution in [2.45, 2.75) is 6.04 Å². The molecule has 0 radical (unpaired) electrons. The molecule has 21 heavy (non-hydrogen) atoms. The maximum atomic E-state index is 12.3. The molecule has 2 atom stereocenters. The van der Waals surface area contributed by atoms with Gasteiger partial charge in [0.2, 0.25) is 5.91 Å². The first-order chi connectivity index (χ1) is 10.3. The third-order valence-electron chi connectivity index (χ3n) is 3.75. The molecule has 110 valence electrons. The molecule has 1 aliphatic rings. The first-order valence-corrected chi connectivity index (χ1v) is 6.92. The maximum absolute atomic E-state index is 12.3. The molecule has 1 aliphatic heterocycles. The summed E-state index contributed by atoms with van der Waals surface area (Å²) in [5.74, 6) is -0.163. The molecule has 1 saturated heterocycles. The standard InChI is InChI=1S/C15H18N4O2/c1-16-14-8-21-7-12(14)15(20)19-11-4-2-10(3-5-11)13-6-17-9-18-13/h2-6,9,12,14,16H,7-8H2,1H3,(H,17,18)(H,19,20). The van der Waals surface area contributed by atoms with Crippen molar-refractivity contribution in [3.8, 4) is 11.3 Å². The second-order valence-corrected chi connectivity index (χ2v) is 5.07. The molecular formula is C15H18N4O2. The number of imidazole rings is 1. The molecule has 1 amide bonds. The zero-order valence-corrected chi connectivity index (χ0v) is 11.8. The number of aromatic nitrogens is 2. The van der Waals surface area contributed by atoms with Gasteiger partial charge in [0.1, 0.15) is 0 Å². The second kappa shape index (κ2) is 6.07. The van der Waals surface area contributed by atoms with E-state index >= 15 is 0 Å². The number of carbonyl (C=O) groups excluding carboxylic acids is 1.